The lowest BCUT2D eigenvalue weighted by molar-refractivity contribution is 0.0539. The number of likely N-dealkylation sites (tertiary alicyclic amines) is 1. The number of aromatic nitrogens is 2. The van der Waals surface area contributed by atoms with Gasteiger partial charge >= 0.3 is 0 Å². The number of benzene rings is 1. The van der Waals surface area contributed by atoms with Crippen LogP contribution in [0.5, 0.6) is 5.75 Å². The first-order valence-electron chi connectivity index (χ1n) is 8.34. The van der Waals surface area contributed by atoms with Gasteiger partial charge in [0.1, 0.15) is 21.9 Å². The second-order valence-electron chi connectivity index (χ2n) is 6.81. The molecule has 2 aliphatic rings. The van der Waals surface area contributed by atoms with Gasteiger partial charge in [-0.3, -0.25) is 9.48 Å². The third-order valence-corrected chi connectivity index (χ3v) is 6.86. The van der Waals surface area contributed by atoms with Crippen molar-refractivity contribution in [3.8, 4) is 5.75 Å². The van der Waals surface area contributed by atoms with E-state index in [0.717, 1.165) is 0 Å². The lowest BCUT2D eigenvalue weighted by atomic mass is 10.0. The molecule has 1 aromatic heterocycles. The van der Waals surface area contributed by atoms with Crippen LogP contribution in [0, 0.1) is 0 Å². The molecule has 9 heteroatoms. The summed E-state index contributed by atoms with van der Waals surface area (Å²) in [6, 6.07) is 8.32. The van der Waals surface area contributed by atoms with Crippen LogP contribution in [0.25, 0.3) is 0 Å². The summed E-state index contributed by atoms with van der Waals surface area (Å²) in [5.74, 6) is 0.209. The van der Waals surface area contributed by atoms with E-state index in [0.29, 0.717) is 31.0 Å². The molecule has 2 aliphatic heterocycles. The third kappa shape index (κ3) is 2.58. The molecule has 2 aromatic rings. The van der Waals surface area contributed by atoms with Crippen molar-refractivity contribution >= 4 is 15.9 Å². The summed E-state index contributed by atoms with van der Waals surface area (Å²) in [4.78, 5) is 14.6. The third-order valence-electron chi connectivity index (χ3n) is 5.02. The Morgan fingerprint density at radius 3 is 2.69 bits per heavy atom. The molecule has 1 saturated heterocycles. The lowest BCUT2D eigenvalue weighted by Gasteiger charge is -2.30. The number of carbonyl (C=O) groups is 1. The zero-order valence-corrected chi connectivity index (χ0v) is 15.4. The monoisotopic (exact) mass is 376 g/mol. The van der Waals surface area contributed by atoms with E-state index in [2.05, 4.69) is 5.10 Å². The van der Waals surface area contributed by atoms with Gasteiger partial charge in [-0.1, -0.05) is 12.1 Å². The molecule has 138 valence electrons. The average molecular weight is 376 g/mol. The highest BCUT2D eigenvalue weighted by Crippen LogP contribution is 2.37. The summed E-state index contributed by atoms with van der Waals surface area (Å²) in [5.41, 5.74) is -0.264. The van der Waals surface area contributed by atoms with Crippen molar-refractivity contribution in [1.82, 2.24) is 19.0 Å². The zero-order valence-electron chi connectivity index (χ0n) is 14.6. The first kappa shape index (κ1) is 17.0. The molecule has 4 rings (SSSR count). The second kappa shape index (κ2) is 5.82. The average Bonchev–Trinajstić information content (AvgIpc) is 3.19. The highest BCUT2D eigenvalue weighted by atomic mass is 32.2. The van der Waals surface area contributed by atoms with E-state index >= 15 is 0 Å². The molecule has 0 aliphatic carbocycles. The summed E-state index contributed by atoms with van der Waals surface area (Å²) in [6.07, 6.45) is 2.14. The Bertz CT molecular complexity index is 971. The van der Waals surface area contributed by atoms with Gasteiger partial charge in [0.2, 0.25) is 10.0 Å². The molecular weight excluding hydrogens is 356 g/mol. The quantitative estimate of drug-likeness (QED) is 0.732. The van der Waals surface area contributed by atoms with Crippen molar-refractivity contribution in [2.75, 3.05) is 26.7 Å². The summed E-state index contributed by atoms with van der Waals surface area (Å²) in [6.45, 7) is 1.02. The van der Waals surface area contributed by atoms with Crippen LogP contribution in [0.15, 0.2) is 41.4 Å². The number of amides is 1. The van der Waals surface area contributed by atoms with Crippen LogP contribution in [0.1, 0.15) is 16.9 Å². The highest BCUT2D eigenvalue weighted by molar-refractivity contribution is 7.89. The Kier molecular flexibility index (Phi) is 3.81. The van der Waals surface area contributed by atoms with Gasteiger partial charge in [-0.15, -0.1) is 0 Å². The fraction of sp³-hybridized carbons (Fsp3) is 0.412. The van der Waals surface area contributed by atoms with E-state index < -0.39 is 15.6 Å². The van der Waals surface area contributed by atoms with Crippen LogP contribution in [-0.4, -0.2) is 65.6 Å². The second-order valence-corrected chi connectivity index (χ2v) is 8.82. The topological polar surface area (TPSA) is 84.7 Å². The highest BCUT2D eigenvalue weighted by Gasteiger charge is 2.48. The Labute approximate surface area is 152 Å². The SMILES string of the molecule is CN1C[C@]2(CCN(C(=O)c3ccnn3C)C2)Oc2ccccc2S1(=O)=O. The molecule has 1 fully saturated rings. The van der Waals surface area contributed by atoms with Crippen LogP contribution in [0.4, 0.5) is 0 Å². The van der Waals surface area contributed by atoms with Crippen LogP contribution in [-0.2, 0) is 17.1 Å². The van der Waals surface area contributed by atoms with Crippen LogP contribution >= 0.6 is 0 Å². The number of hydrogen-bond donors (Lipinski definition) is 0. The van der Waals surface area contributed by atoms with Crippen LogP contribution < -0.4 is 4.74 Å². The fourth-order valence-electron chi connectivity index (χ4n) is 3.65. The van der Waals surface area contributed by atoms with Crippen molar-refractivity contribution in [3.05, 3.63) is 42.2 Å². The zero-order chi connectivity index (χ0) is 18.5. The van der Waals surface area contributed by atoms with Gasteiger partial charge in [0.15, 0.2) is 0 Å². The molecule has 0 unspecified atom stereocenters. The minimum atomic E-state index is -3.62. The van der Waals surface area contributed by atoms with E-state index in [1.165, 1.54) is 8.99 Å². The first-order valence-corrected chi connectivity index (χ1v) is 9.78. The van der Waals surface area contributed by atoms with Gasteiger partial charge in [-0.25, -0.2) is 8.42 Å². The number of likely N-dealkylation sites (N-methyl/N-ethyl adjacent to an activating group) is 1. The number of hydrogen-bond acceptors (Lipinski definition) is 5. The Hall–Kier alpha value is -2.39. The number of nitrogens with zero attached hydrogens (tertiary/aromatic N) is 4. The lowest BCUT2D eigenvalue weighted by Crippen LogP contribution is -2.48. The van der Waals surface area contributed by atoms with Crippen molar-refractivity contribution in [2.45, 2.75) is 16.9 Å². The van der Waals surface area contributed by atoms with Gasteiger partial charge in [0.25, 0.3) is 5.91 Å². The number of rotatable bonds is 1. The van der Waals surface area contributed by atoms with Gasteiger partial charge in [0, 0.05) is 33.3 Å². The molecule has 8 nitrogen and oxygen atoms in total. The Morgan fingerprint density at radius 2 is 1.96 bits per heavy atom. The molecular formula is C17H20N4O4S. The molecule has 1 spiro atoms. The van der Waals surface area contributed by atoms with Crippen molar-refractivity contribution in [1.29, 1.82) is 0 Å². The smallest absolute Gasteiger partial charge is 0.272 e. The van der Waals surface area contributed by atoms with E-state index in [1.807, 2.05) is 0 Å². The minimum Gasteiger partial charge on any atom is -0.483 e. The standard InChI is InChI=1S/C17H20N4O4S/c1-19-11-17(25-14-5-3-4-6-15(14)26(19,23)24)8-10-21(12-17)16(22)13-7-9-18-20(13)2/h3-7,9H,8,10-12H2,1-2H3/t17-/m0/s1. The van der Waals surface area contributed by atoms with E-state index in [-0.39, 0.29) is 17.3 Å². The maximum absolute atomic E-state index is 12.8. The predicted molar refractivity (Wildman–Crippen MR) is 93.3 cm³/mol. The molecule has 0 saturated carbocycles. The number of fused-ring (bicyclic) bond motifs is 1. The van der Waals surface area contributed by atoms with Gasteiger partial charge in [-0.05, 0) is 18.2 Å². The van der Waals surface area contributed by atoms with Crippen molar-refractivity contribution < 1.29 is 17.9 Å². The molecule has 0 radical (unpaired) electrons. The minimum absolute atomic E-state index is 0.131. The van der Waals surface area contributed by atoms with E-state index in [9.17, 15) is 13.2 Å². The molecule has 1 amide bonds. The van der Waals surface area contributed by atoms with Gasteiger partial charge in [0.05, 0.1) is 13.1 Å². The summed E-state index contributed by atoms with van der Waals surface area (Å²) in [7, 11) is -0.348. The molecule has 0 N–H and O–H groups in total. The van der Waals surface area contributed by atoms with E-state index in [4.69, 9.17) is 4.74 Å². The Morgan fingerprint density at radius 1 is 1.19 bits per heavy atom. The number of carbonyl (C=O) groups excluding carboxylic acids is 1. The summed E-state index contributed by atoms with van der Waals surface area (Å²) < 4.78 is 34.6. The maximum atomic E-state index is 12.8. The molecule has 26 heavy (non-hydrogen) atoms. The van der Waals surface area contributed by atoms with Crippen LogP contribution in [0.2, 0.25) is 0 Å². The van der Waals surface area contributed by atoms with Gasteiger partial charge in [-0.2, -0.15) is 9.40 Å². The molecule has 0 bridgehead atoms. The number of aryl methyl sites for hydroxylation is 1. The van der Waals surface area contributed by atoms with E-state index in [1.54, 1.807) is 55.5 Å². The largest absolute Gasteiger partial charge is 0.483 e. The number of para-hydroxylation sites is 1. The van der Waals surface area contributed by atoms with Crippen LogP contribution in [0.3, 0.4) is 0 Å². The predicted octanol–water partition coefficient (Wildman–Crippen LogP) is 0.718. The first-order chi connectivity index (χ1) is 12.3. The number of sulfonamides is 1. The van der Waals surface area contributed by atoms with Gasteiger partial charge < -0.3 is 9.64 Å². The summed E-state index contributed by atoms with van der Waals surface area (Å²) >= 11 is 0. The molecule has 1 atom stereocenters. The molecule has 1 aromatic carbocycles. The molecule has 3 heterocycles. The van der Waals surface area contributed by atoms with Crippen molar-refractivity contribution in [2.24, 2.45) is 7.05 Å². The van der Waals surface area contributed by atoms with Crippen molar-refractivity contribution in [3.63, 3.8) is 0 Å². The number of ether oxygens (including phenoxy) is 1. The maximum Gasteiger partial charge on any atom is 0.272 e. The summed E-state index contributed by atoms with van der Waals surface area (Å²) in [5, 5.41) is 4.04. The Balaban J connectivity index is 1.66. The normalized spacial score (nSPS) is 24.9. The fourth-order valence-corrected chi connectivity index (χ4v) is 5.00.